The zero-order valence-corrected chi connectivity index (χ0v) is 14.3. The summed E-state index contributed by atoms with van der Waals surface area (Å²) in [6.45, 7) is 0.619. The van der Waals surface area contributed by atoms with Crippen LogP contribution < -0.4 is 11.1 Å². The van der Waals surface area contributed by atoms with Gasteiger partial charge in [-0.1, -0.05) is 28.1 Å². The molecular weight excluding hydrogens is 368 g/mol. The van der Waals surface area contributed by atoms with Crippen LogP contribution in [0.15, 0.2) is 40.2 Å². The number of thiophene rings is 2. The maximum Gasteiger partial charge on any atom is 0.263 e. The zero-order chi connectivity index (χ0) is 14.8. The Hall–Kier alpha value is -1.37. The van der Waals surface area contributed by atoms with Crippen LogP contribution in [0.5, 0.6) is 0 Å². The summed E-state index contributed by atoms with van der Waals surface area (Å²) in [6, 6.07) is 9.94. The van der Waals surface area contributed by atoms with Gasteiger partial charge in [-0.25, -0.2) is 0 Å². The fraction of sp³-hybridized carbons (Fsp3) is 0.133. The summed E-state index contributed by atoms with van der Waals surface area (Å²) in [5.74, 6) is -0.0999. The first-order valence-corrected chi connectivity index (χ1v) is 8.93. The molecule has 3 nitrogen and oxygen atoms in total. The fourth-order valence-corrected chi connectivity index (χ4v) is 4.62. The van der Waals surface area contributed by atoms with Crippen LogP contribution in [-0.4, -0.2) is 12.5 Å². The number of fused-ring (bicyclic) bond motifs is 1. The van der Waals surface area contributed by atoms with Crippen molar-refractivity contribution in [1.82, 2.24) is 5.32 Å². The SMILES string of the molecule is Nc1c(C(=O)NCCc2cccs2)sc2cccc(Br)c12. The number of nitrogens with one attached hydrogen (secondary N) is 1. The van der Waals surface area contributed by atoms with Gasteiger partial charge in [0, 0.05) is 26.0 Å². The van der Waals surface area contributed by atoms with Crippen LogP contribution in [0, 0.1) is 0 Å². The van der Waals surface area contributed by atoms with Crippen molar-refractivity contribution < 1.29 is 4.79 Å². The summed E-state index contributed by atoms with van der Waals surface area (Å²) in [5, 5.41) is 5.90. The average Bonchev–Trinajstić information content (AvgIpc) is 3.08. The third-order valence-corrected chi connectivity index (χ3v) is 5.91. The summed E-state index contributed by atoms with van der Waals surface area (Å²) < 4.78 is 1.94. The minimum Gasteiger partial charge on any atom is -0.397 e. The number of rotatable bonds is 4. The molecule has 2 aromatic heterocycles. The Bertz CT molecular complexity index is 780. The van der Waals surface area contributed by atoms with Crippen LogP contribution in [0.25, 0.3) is 10.1 Å². The number of carbonyl (C=O) groups excluding carboxylic acids is 1. The molecule has 0 unspecified atom stereocenters. The molecule has 0 aliphatic carbocycles. The summed E-state index contributed by atoms with van der Waals surface area (Å²) in [4.78, 5) is 14.1. The molecule has 0 bridgehead atoms. The third kappa shape index (κ3) is 2.97. The Balaban J connectivity index is 1.75. The van der Waals surface area contributed by atoms with E-state index in [1.54, 1.807) is 11.3 Å². The van der Waals surface area contributed by atoms with Gasteiger partial charge in [0.15, 0.2) is 0 Å². The first-order chi connectivity index (χ1) is 10.2. The molecule has 3 N–H and O–H groups in total. The van der Waals surface area contributed by atoms with E-state index in [0.717, 1.165) is 21.0 Å². The van der Waals surface area contributed by atoms with Crippen LogP contribution in [0.2, 0.25) is 0 Å². The molecule has 3 aromatic rings. The van der Waals surface area contributed by atoms with Gasteiger partial charge in [0.2, 0.25) is 0 Å². The highest BCUT2D eigenvalue weighted by Gasteiger charge is 2.17. The largest absolute Gasteiger partial charge is 0.397 e. The number of hydrogen-bond acceptors (Lipinski definition) is 4. The molecule has 0 radical (unpaired) electrons. The second-order valence-electron chi connectivity index (χ2n) is 4.54. The lowest BCUT2D eigenvalue weighted by atomic mass is 10.2. The third-order valence-electron chi connectivity index (χ3n) is 3.14. The highest BCUT2D eigenvalue weighted by atomic mass is 79.9. The Kier molecular flexibility index (Phi) is 4.28. The lowest BCUT2D eigenvalue weighted by Gasteiger charge is -2.03. The van der Waals surface area contributed by atoms with Crippen molar-refractivity contribution in [2.75, 3.05) is 12.3 Å². The zero-order valence-electron chi connectivity index (χ0n) is 11.1. The van der Waals surface area contributed by atoms with E-state index in [-0.39, 0.29) is 5.91 Å². The van der Waals surface area contributed by atoms with Gasteiger partial charge in [-0.3, -0.25) is 4.79 Å². The van der Waals surface area contributed by atoms with Crippen molar-refractivity contribution in [1.29, 1.82) is 0 Å². The van der Waals surface area contributed by atoms with Crippen molar-refractivity contribution in [3.05, 3.63) is 49.9 Å². The first kappa shape index (κ1) is 14.6. The van der Waals surface area contributed by atoms with Gasteiger partial charge in [0.05, 0.1) is 5.69 Å². The van der Waals surface area contributed by atoms with E-state index in [4.69, 9.17) is 5.73 Å². The highest BCUT2D eigenvalue weighted by molar-refractivity contribution is 9.10. The van der Waals surface area contributed by atoms with Gasteiger partial charge >= 0.3 is 0 Å². The van der Waals surface area contributed by atoms with E-state index >= 15 is 0 Å². The lowest BCUT2D eigenvalue weighted by Crippen LogP contribution is -2.25. The van der Waals surface area contributed by atoms with E-state index in [0.29, 0.717) is 17.1 Å². The van der Waals surface area contributed by atoms with E-state index in [1.165, 1.54) is 16.2 Å². The molecule has 0 spiro atoms. The minimum absolute atomic E-state index is 0.0999. The Labute approximate surface area is 138 Å². The molecule has 6 heteroatoms. The van der Waals surface area contributed by atoms with Crippen molar-refractivity contribution in [2.24, 2.45) is 0 Å². The molecular formula is C15H13BrN2OS2. The van der Waals surface area contributed by atoms with Crippen LogP contribution >= 0.6 is 38.6 Å². The fourth-order valence-electron chi connectivity index (χ4n) is 2.13. The molecule has 21 heavy (non-hydrogen) atoms. The Morgan fingerprint density at radius 3 is 2.86 bits per heavy atom. The topological polar surface area (TPSA) is 55.1 Å². The molecule has 108 valence electrons. The summed E-state index contributed by atoms with van der Waals surface area (Å²) in [5.41, 5.74) is 6.68. The standard InChI is InChI=1S/C15H13BrN2OS2/c16-10-4-1-5-11-12(10)13(17)14(21-11)15(19)18-7-6-9-3-2-8-20-9/h1-5,8H,6-7,17H2,(H,18,19). The smallest absolute Gasteiger partial charge is 0.263 e. The molecule has 0 aliphatic heterocycles. The Morgan fingerprint density at radius 1 is 1.29 bits per heavy atom. The number of hydrogen-bond donors (Lipinski definition) is 2. The number of anilines is 1. The van der Waals surface area contributed by atoms with E-state index in [9.17, 15) is 4.79 Å². The summed E-state index contributed by atoms with van der Waals surface area (Å²) in [7, 11) is 0. The quantitative estimate of drug-likeness (QED) is 0.709. The maximum absolute atomic E-state index is 12.3. The van der Waals surface area contributed by atoms with Gasteiger partial charge in [0.1, 0.15) is 4.88 Å². The number of amides is 1. The number of halogens is 1. The molecule has 2 heterocycles. The van der Waals surface area contributed by atoms with Crippen molar-refractivity contribution >= 4 is 60.3 Å². The van der Waals surface area contributed by atoms with Gasteiger partial charge in [0.25, 0.3) is 5.91 Å². The lowest BCUT2D eigenvalue weighted by molar-refractivity contribution is 0.0959. The normalized spacial score (nSPS) is 10.9. The molecule has 1 amide bonds. The number of nitrogen functional groups attached to an aromatic ring is 1. The summed E-state index contributed by atoms with van der Waals surface area (Å²) >= 11 is 6.61. The first-order valence-electron chi connectivity index (χ1n) is 6.44. The molecule has 0 aliphatic rings. The van der Waals surface area contributed by atoms with Crippen LogP contribution in [0.1, 0.15) is 14.5 Å². The highest BCUT2D eigenvalue weighted by Crippen LogP contribution is 2.37. The predicted molar refractivity (Wildman–Crippen MR) is 94.3 cm³/mol. The van der Waals surface area contributed by atoms with Crippen LogP contribution in [-0.2, 0) is 6.42 Å². The van der Waals surface area contributed by atoms with Crippen LogP contribution in [0.4, 0.5) is 5.69 Å². The van der Waals surface area contributed by atoms with Gasteiger partial charge < -0.3 is 11.1 Å². The Morgan fingerprint density at radius 2 is 2.14 bits per heavy atom. The average molecular weight is 381 g/mol. The number of nitrogens with two attached hydrogens (primary N) is 1. The molecule has 0 saturated carbocycles. The predicted octanol–water partition coefficient (Wildman–Crippen LogP) is 4.28. The van der Waals surface area contributed by atoms with Crippen molar-refractivity contribution in [3.8, 4) is 0 Å². The maximum atomic E-state index is 12.3. The van der Waals surface area contributed by atoms with E-state index < -0.39 is 0 Å². The van der Waals surface area contributed by atoms with E-state index in [2.05, 4.69) is 27.3 Å². The molecule has 0 fully saturated rings. The van der Waals surface area contributed by atoms with Gasteiger partial charge in [-0.05, 0) is 30.0 Å². The van der Waals surface area contributed by atoms with Gasteiger partial charge in [-0.2, -0.15) is 0 Å². The number of benzene rings is 1. The molecule has 0 atom stereocenters. The molecule has 1 aromatic carbocycles. The van der Waals surface area contributed by atoms with E-state index in [1.807, 2.05) is 29.6 Å². The number of carbonyl (C=O) groups is 1. The van der Waals surface area contributed by atoms with Crippen LogP contribution in [0.3, 0.4) is 0 Å². The second kappa shape index (κ2) is 6.17. The summed E-state index contributed by atoms with van der Waals surface area (Å²) in [6.07, 6.45) is 0.845. The monoisotopic (exact) mass is 380 g/mol. The second-order valence-corrected chi connectivity index (χ2v) is 7.48. The molecule has 3 rings (SSSR count). The van der Waals surface area contributed by atoms with Crippen molar-refractivity contribution in [2.45, 2.75) is 6.42 Å². The van der Waals surface area contributed by atoms with Crippen molar-refractivity contribution in [3.63, 3.8) is 0 Å². The molecule has 0 saturated heterocycles. The minimum atomic E-state index is -0.0999. The van der Waals surface area contributed by atoms with Gasteiger partial charge in [-0.15, -0.1) is 22.7 Å².